The summed E-state index contributed by atoms with van der Waals surface area (Å²) < 4.78 is 0. The summed E-state index contributed by atoms with van der Waals surface area (Å²) in [6, 6.07) is 1.13. The van der Waals surface area contributed by atoms with E-state index in [0.717, 1.165) is 25.6 Å². The normalized spacial score (nSPS) is 28.8. The Morgan fingerprint density at radius 2 is 1.81 bits per heavy atom. The van der Waals surface area contributed by atoms with E-state index in [0.29, 0.717) is 24.5 Å². The van der Waals surface area contributed by atoms with Crippen LogP contribution in [0.4, 0.5) is 0 Å². The van der Waals surface area contributed by atoms with E-state index in [4.69, 9.17) is 0 Å². The average molecular weight is 293 g/mol. The van der Waals surface area contributed by atoms with E-state index >= 15 is 0 Å². The lowest BCUT2D eigenvalue weighted by molar-refractivity contribution is -0.135. The van der Waals surface area contributed by atoms with Crippen molar-refractivity contribution < 1.29 is 4.79 Å². The van der Waals surface area contributed by atoms with Crippen molar-refractivity contribution in [3.63, 3.8) is 0 Å². The van der Waals surface area contributed by atoms with Crippen molar-refractivity contribution in [1.29, 1.82) is 0 Å². The van der Waals surface area contributed by atoms with E-state index in [2.05, 4.69) is 22.0 Å². The van der Waals surface area contributed by atoms with E-state index in [-0.39, 0.29) is 0 Å². The Labute approximate surface area is 129 Å². The maximum absolute atomic E-state index is 12.5. The molecule has 1 atom stereocenters. The first-order chi connectivity index (χ1) is 10.2. The van der Waals surface area contributed by atoms with Gasteiger partial charge in [-0.05, 0) is 64.3 Å². The smallest absolute Gasteiger partial charge is 0.236 e. The highest BCUT2D eigenvalue weighted by Crippen LogP contribution is 2.28. The second-order valence-corrected chi connectivity index (χ2v) is 7.33. The third-order valence-electron chi connectivity index (χ3n) is 5.46. The van der Waals surface area contributed by atoms with Crippen LogP contribution in [0, 0.1) is 5.92 Å². The van der Waals surface area contributed by atoms with Crippen molar-refractivity contribution in [2.24, 2.45) is 5.92 Å². The molecule has 0 spiro atoms. The van der Waals surface area contributed by atoms with Gasteiger partial charge in [0.1, 0.15) is 0 Å². The van der Waals surface area contributed by atoms with Gasteiger partial charge in [0.05, 0.1) is 6.54 Å². The van der Waals surface area contributed by atoms with Gasteiger partial charge in [0.25, 0.3) is 0 Å². The number of hydrogen-bond acceptors (Lipinski definition) is 3. The molecule has 0 aromatic carbocycles. The van der Waals surface area contributed by atoms with Gasteiger partial charge in [0, 0.05) is 31.7 Å². The maximum atomic E-state index is 12.5. The molecular weight excluding hydrogens is 262 g/mol. The average Bonchev–Trinajstić information content (AvgIpc) is 3.31. The summed E-state index contributed by atoms with van der Waals surface area (Å²) >= 11 is 0. The minimum absolute atomic E-state index is 0.353. The third kappa shape index (κ3) is 4.43. The van der Waals surface area contributed by atoms with Crippen molar-refractivity contribution in [1.82, 2.24) is 15.1 Å². The Hall–Kier alpha value is -0.610. The molecule has 1 amide bonds. The van der Waals surface area contributed by atoms with Gasteiger partial charge in [0.2, 0.25) is 5.91 Å². The van der Waals surface area contributed by atoms with Crippen LogP contribution in [-0.2, 0) is 4.79 Å². The quantitative estimate of drug-likeness (QED) is 0.840. The van der Waals surface area contributed by atoms with Crippen LogP contribution in [0.5, 0.6) is 0 Å². The lowest BCUT2D eigenvalue weighted by atomic mass is 10.0. The van der Waals surface area contributed by atoms with Gasteiger partial charge in [-0.15, -0.1) is 0 Å². The molecule has 1 N–H and O–H groups in total. The monoisotopic (exact) mass is 293 g/mol. The molecule has 4 nitrogen and oxygen atoms in total. The molecule has 4 heteroatoms. The van der Waals surface area contributed by atoms with E-state index < -0.39 is 0 Å². The molecule has 2 heterocycles. The zero-order valence-corrected chi connectivity index (χ0v) is 13.5. The highest BCUT2D eigenvalue weighted by Gasteiger charge is 2.27. The van der Waals surface area contributed by atoms with Crippen LogP contribution in [0.1, 0.15) is 51.9 Å². The molecule has 2 aliphatic heterocycles. The van der Waals surface area contributed by atoms with Crippen molar-refractivity contribution in [3.05, 3.63) is 0 Å². The molecule has 0 aromatic heterocycles. The minimum atomic E-state index is 0.353. The second-order valence-electron chi connectivity index (χ2n) is 7.33. The fourth-order valence-electron chi connectivity index (χ4n) is 3.70. The van der Waals surface area contributed by atoms with Crippen LogP contribution in [-0.4, -0.2) is 60.5 Å². The van der Waals surface area contributed by atoms with Gasteiger partial charge >= 0.3 is 0 Å². The number of amides is 1. The number of carbonyl (C=O) groups is 1. The van der Waals surface area contributed by atoms with Crippen LogP contribution in [0.15, 0.2) is 0 Å². The van der Waals surface area contributed by atoms with Crippen molar-refractivity contribution in [2.45, 2.75) is 64.0 Å². The summed E-state index contributed by atoms with van der Waals surface area (Å²) in [5.74, 6) is 1.32. The molecule has 3 aliphatic rings. The summed E-state index contributed by atoms with van der Waals surface area (Å²) in [6.07, 6.45) is 8.90. The van der Waals surface area contributed by atoms with Gasteiger partial charge in [-0.25, -0.2) is 0 Å². The molecule has 3 rings (SSSR count). The fraction of sp³-hybridized carbons (Fsp3) is 0.941. The summed E-state index contributed by atoms with van der Waals surface area (Å²) in [5.41, 5.74) is 0. The topological polar surface area (TPSA) is 35.6 Å². The summed E-state index contributed by atoms with van der Waals surface area (Å²) in [5, 5.41) is 3.71. The van der Waals surface area contributed by atoms with Gasteiger partial charge in [0.15, 0.2) is 0 Å². The molecule has 0 aromatic rings. The number of rotatable bonds is 5. The van der Waals surface area contributed by atoms with E-state index in [1.165, 1.54) is 51.5 Å². The lowest BCUT2D eigenvalue weighted by Gasteiger charge is -2.37. The highest BCUT2D eigenvalue weighted by molar-refractivity contribution is 5.78. The van der Waals surface area contributed by atoms with Crippen molar-refractivity contribution in [3.8, 4) is 0 Å². The summed E-state index contributed by atoms with van der Waals surface area (Å²) in [6.45, 7) is 7.19. The Kier molecular flexibility index (Phi) is 5.17. The van der Waals surface area contributed by atoms with E-state index in [9.17, 15) is 4.79 Å². The minimum Gasteiger partial charge on any atom is -0.339 e. The predicted octanol–water partition coefficient (Wildman–Crippen LogP) is 1.85. The van der Waals surface area contributed by atoms with Crippen molar-refractivity contribution >= 4 is 5.91 Å². The van der Waals surface area contributed by atoms with Crippen molar-refractivity contribution in [2.75, 3.05) is 32.7 Å². The van der Waals surface area contributed by atoms with Crippen LogP contribution in [0.2, 0.25) is 0 Å². The SMILES string of the molecule is CC1CCCCN1C(=O)CN1CCC(NCC2CC2)CC1. The first-order valence-electron chi connectivity index (χ1n) is 8.97. The predicted molar refractivity (Wildman–Crippen MR) is 85.2 cm³/mol. The van der Waals surface area contributed by atoms with E-state index in [1.807, 2.05) is 0 Å². The number of nitrogens with one attached hydrogen (secondary N) is 1. The first kappa shape index (κ1) is 15.3. The van der Waals surface area contributed by atoms with Crippen LogP contribution in [0.25, 0.3) is 0 Å². The third-order valence-corrected chi connectivity index (χ3v) is 5.46. The van der Waals surface area contributed by atoms with Gasteiger partial charge in [-0.1, -0.05) is 0 Å². The van der Waals surface area contributed by atoms with Crippen LogP contribution < -0.4 is 5.32 Å². The van der Waals surface area contributed by atoms with Crippen LogP contribution >= 0.6 is 0 Å². The van der Waals surface area contributed by atoms with Gasteiger partial charge in [-0.3, -0.25) is 9.69 Å². The molecule has 3 fully saturated rings. The van der Waals surface area contributed by atoms with Gasteiger partial charge in [-0.2, -0.15) is 0 Å². The Morgan fingerprint density at radius 1 is 1.05 bits per heavy atom. The lowest BCUT2D eigenvalue weighted by Crippen LogP contribution is -2.50. The molecular formula is C17H31N3O. The number of carbonyl (C=O) groups excluding carboxylic acids is 1. The maximum Gasteiger partial charge on any atom is 0.236 e. The molecule has 120 valence electrons. The summed E-state index contributed by atoms with van der Waals surface area (Å²) in [7, 11) is 0. The largest absolute Gasteiger partial charge is 0.339 e. The summed E-state index contributed by atoms with van der Waals surface area (Å²) in [4.78, 5) is 16.9. The fourth-order valence-corrected chi connectivity index (χ4v) is 3.70. The standard InChI is InChI=1S/C17H31N3O/c1-14-4-2-3-9-20(14)17(21)13-19-10-7-16(8-11-19)18-12-15-5-6-15/h14-16,18H,2-13H2,1H3. The van der Waals surface area contributed by atoms with Crippen LogP contribution in [0.3, 0.4) is 0 Å². The molecule has 0 radical (unpaired) electrons. The molecule has 1 saturated carbocycles. The molecule has 21 heavy (non-hydrogen) atoms. The molecule has 0 bridgehead atoms. The number of likely N-dealkylation sites (tertiary alicyclic amines) is 2. The Bertz CT molecular complexity index is 348. The molecule has 1 aliphatic carbocycles. The zero-order chi connectivity index (χ0) is 14.7. The molecule has 2 saturated heterocycles. The zero-order valence-electron chi connectivity index (χ0n) is 13.5. The molecule has 1 unspecified atom stereocenters. The Balaban J connectivity index is 1.36. The first-order valence-corrected chi connectivity index (χ1v) is 8.97. The second kappa shape index (κ2) is 7.10. The Morgan fingerprint density at radius 3 is 2.48 bits per heavy atom. The van der Waals surface area contributed by atoms with E-state index in [1.54, 1.807) is 0 Å². The van der Waals surface area contributed by atoms with Gasteiger partial charge < -0.3 is 10.2 Å². The highest BCUT2D eigenvalue weighted by atomic mass is 16.2. The number of hydrogen-bond donors (Lipinski definition) is 1. The number of nitrogens with zero attached hydrogens (tertiary/aromatic N) is 2. The number of piperidine rings is 2.